The number of esters is 3. The Morgan fingerprint density at radius 1 is 0.750 bits per heavy atom. The third-order valence-corrected chi connectivity index (χ3v) is 4.10. The van der Waals surface area contributed by atoms with Gasteiger partial charge in [-0.15, -0.1) is 0 Å². The highest BCUT2D eigenvalue weighted by atomic mass is 16.5. The summed E-state index contributed by atoms with van der Waals surface area (Å²) in [4.78, 5) is 35.0. The van der Waals surface area contributed by atoms with E-state index in [1.165, 1.54) is 24.3 Å². The summed E-state index contributed by atoms with van der Waals surface area (Å²) in [6.45, 7) is 18.6. The smallest absolute Gasteiger partial charge is 0.343 e. The molecule has 1 aromatic rings. The molecule has 0 unspecified atom stereocenters. The lowest BCUT2D eigenvalue weighted by Crippen LogP contribution is -2.05. The van der Waals surface area contributed by atoms with E-state index < -0.39 is 17.9 Å². The largest absolute Gasteiger partial charge is 0.494 e. The number of allylic oxidation sites excluding steroid dienone is 7. The van der Waals surface area contributed by atoms with Gasteiger partial charge in [-0.3, -0.25) is 0 Å². The molecule has 1 rings (SSSR count). The van der Waals surface area contributed by atoms with Crippen LogP contribution in [0.4, 0.5) is 0 Å². The van der Waals surface area contributed by atoms with E-state index in [1.807, 2.05) is 0 Å². The van der Waals surface area contributed by atoms with Crippen molar-refractivity contribution >= 4 is 17.9 Å². The van der Waals surface area contributed by atoms with Gasteiger partial charge in [0, 0.05) is 12.2 Å². The van der Waals surface area contributed by atoms with Crippen LogP contribution in [0.15, 0.2) is 123 Å². The van der Waals surface area contributed by atoms with Crippen LogP contribution in [0.2, 0.25) is 0 Å². The Kier molecular flexibility index (Phi) is 13.8. The number of carbonyl (C=O) groups is 3. The predicted molar refractivity (Wildman–Crippen MR) is 139 cm³/mol. The van der Waals surface area contributed by atoms with Gasteiger partial charge in [-0.1, -0.05) is 51.1 Å². The summed E-state index contributed by atoms with van der Waals surface area (Å²) in [7, 11) is 0. The second-order valence-corrected chi connectivity index (χ2v) is 7.03. The van der Waals surface area contributed by atoms with Crippen molar-refractivity contribution in [3.63, 3.8) is 0 Å². The van der Waals surface area contributed by atoms with Gasteiger partial charge in [0.25, 0.3) is 0 Å². The second kappa shape index (κ2) is 16.9. The monoisotopic (exact) mass is 490 g/mol. The van der Waals surface area contributed by atoms with Gasteiger partial charge >= 0.3 is 17.9 Å². The van der Waals surface area contributed by atoms with Crippen molar-refractivity contribution in [3.05, 3.63) is 128 Å². The highest BCUT2D eigenvalue weighted by molar-refractivity contribution is 5.90. The maximum Gasteiger partial charge on any atom is 0.343 e. The third-order valence-electron chi connectivity index (χ3n) is 4.10. The second-order valence-electron chi connectivity index (χ2n) is 7.03. The van der Waals surface area contributed by atoms with Crippen LogP contribution in [-0.2, 0) is 23.8 Å². The molecule has 0 atom stereocenters. The van der Waals surface area contributed by atoms with Crippen LogP contribution in [0, 0.1) is 0 Å². The molecule has 0 N–H and O–H groups in total. The van der Waals surface area contributed by atoms with Crippen LogP contribution in [0.25, 0.3) is 0 Å². The van der Waals surface area contributed by atoms with Gasteiger partial charge in [-0.2, -0.15) is 0 Å². The number of hydrogen-bond acceptors (Lipinski definition) is 7. The lowest BCUT2D eigenvalue weighted by atomic mass is 10.2. The number of hydrogen-bond donors (Lipinski definition) is 0. The summed E-state index contributed by atoms with van der Waals surface area (Å²) in [6, 6.07) is 6.41. The lowest BCUT2D eigenvalue weighted by Gasteiger charge is -2.08. The van der Waals surface area contributed by atoms with Gasteiger partial charge in [-0.05, 0) is 60.9 Å². The number of ether oxygens (including phenoxy) is 4. The van der Waals surface area contributed by atoms with Gasteiger partial charge in [0.05, 0.1) is 18.8 Å². The van der Waals surface area contributed by atoms with Crippen molar-refractivity contribution in [1.82, 2.24) is 0 Å². The molecular formula is C29H30O7. The van der Waals surface area contributed by atoms with E-state index >= 15 is 0 Å². The van der Waals surface area contributed by atoms with Crippen LogP contribution in [0.1, 0.15) is 23.2 Å². The van der Waals surface area contributed by atoms with E-state index in [0.717, 1.165) is 6.08 Å². The van der Waals surface area contributed by atoms with Crippen molar-refractivity contribution in [2.45, 2.75) is 12.8 Å². The Bertz CT molecular complexity index is 1070. The molecule has 0 spiro atoms. The fourth-order valence-electron chi connectivity index (χ4n) is 2.33. The van der Waals surface area contributed by atoms with Gasteiger partial charge in [-0.25, -0.2) is 14.4 Å². The molecule has 0 aromatic heterocycles. The van der Waals surface area contributed by atoms with Crippen LogP contribution >= 0.6 is 0 Å². The van der Waals surface area contributed by atoms with E-state index in [1.54, 1.807) is 42.5 Å². The molecule has 7 nitrogen and oxygen atoms in total. The number of unbranched alkanes of at least 4 members (excludes halogenated alkanes) is 1. The Hall–Kier alpha value is -4.65. The molecular weight excluding hydrogens is 460 g/mol. The third kappa shape index (κ3) is 13.2. The first-order chi connectivity index (χ1) is 17.2. The topological polar surface area (TPSA) is 88.1 Å². The maximum absolute atomic E-state index is 12.3. The predicted octanol–water partition coefficient (Wildman–Crippen LogP) is 5.71. The van der Waals surface area contributed by atoms with Crippen molar-refractivity contribution in [3.8, 4) is 5.75 Å². The van der Waals surface area contributed by atoms with Crippen LogP contribution in [-0.4, -0.2) is 31.1 Å². The maximum atomic E-state index is 12.3. The first-order valence-corrected chi connectivity index (χ1v) is 10.9. The summed E-state index contributed by atoms with van der Waals surface area (Å²) in [5.41, 5.74) is 0.894. The van der Waals surface area contributed by atoms with Crippen LogP contribution < -0.4 is 4.74 Å². The van der Waals surface area contributed by atoms with E-state index in [0.29, 0.717) is 42.9 Å². The van der Waals surface area contributed by atoms with Gasteiger partial charge in [0.1, 0.15) is 17.3 Å². The fourth-order valence-corrected chi connectivity index (χ4v) is 2.33. The van der Waals surface area contributed by atoms with Gasteiger partial charge in [0.15, 0.2) is 0 Å². The molecule has 36 heavy (non-hydrogen) atoms. The molecule has 188 valence electrons. The fraction of sp³-hybridized carbons (Fsp3) is 0.138. The van der Waals surface area contributed by atoms with Crippen LogP contribution in [0.5, 0.6) is 5.75 Å². The SMILES string of the molecule is C=C/C=C\C(=C)/C=C/C(=O)OC(=C)/C=C\C(=C)OC(=O)c1ccc(OCCCCOC(=O)C=C)cc1. The molecule has 0 fully saturated rings. The Morgan fingerprint density at radius 3 is 2.03 bits per heavy atom. The van der Waals surface area contributed by atoms with E-state index in [4.69, 9.17) is 18.9 Å². The molecule has 0 bridgehead atoms. The van der Waals surface area contributed by atoms with Crippen LogP contribution in [0.3, 0.4) is 0 Å². The highest BCUT2D eigenvalue weighted by Crippen LogP contribution is 2.15. The molecule has 1 aromatic carbocycles. The average molecular weight is 491 g/mol. The molecule has 0 heterocycles. The summed E-state index contributed by atoms with van der Waals surface area (Å²) in [5, 5.41) is 0. The summed E-state index contributed by atoms with van der Waals surface area (Å²) in [6.07, 6.45) is 12.8. The first-order valence-electron chi connectivity index (χ1n) is 10.9. The summed E-state index contributed by atoms with van der Waals surface area (Å²) >= 11 is 0. The normalized spacial score (nSPS) is 10.7. The van der Waals surface area contributed by atoms with E-state index in [-0.39, 0.29) is 11.5 Å². The first kappa shape index (κ1) is 29.4. The zero-order valence-electron chi connectivity index (χ0n) is 20.1. The minimum absolute atomic E-state index is 0.0353. The Morgan fingerprint density at radius 2 is 1.39 bits per heavy atom. The minimum Gasteiger partial charge on any atom is -0.494 e. The number of carbonyl (C=O) groups excluding carboxylic acids is 3. The van der Waals surface area contributed by atoms with Crippen molar-refractivity contribution < 1.29 is 33.3 Å². The molecule has 0 aliphatic carbocycles. The molecule has 0 radical (unpaired) electrons. The molecule has 0 saturated heterocycles. The Labute approximate surface area is 211 Å². The van der Waals surface area contributed by atoms with Gasteiger partial charge < -0.3 is 18.9 Å². The van der Waals surface area contributed by atoms with E-state index in [2.05, 4.69) is 32.9 Å². The molecule has 0 aliphatic rings. The number of rotatable bonds is 16. The van der Waals surface area contributed by atoms with Crippen molar-refractivity contribution in [2.75, 3.05) is 13.2 Å². The summed E-state index contributed by atoms with van der Waals surface area (Å²) < 4.78 is 20.7. The standard InChI is InChI=1S/C29H30O7/c1-6-8-11-22(3)12-19-28(31)35-23(4)13-14-24(5)36-29(32)25-15-17-26(18-16-25)33-20-9-10-21-34-27(30)7-2/h6-8,11-19H,1-5,9-10,20-21H2/b11-8-,14-13-,19-12+. The zero-order valence-corrected chi connectivity index (χ0v) is 20.1. The highest BCUT2D eigenvalue weighted by Gasteiger charge is 2.09. The molecule has 0 aliphatic heterocycles. The summed E-state index contributed by atoms with van der Waals surface area (Å²) in [5.74, 6) is -1.05. The van der Waals surface area contributed by atoms with Gasteiger partial charge in [0.2, 0.25) is 0 Å². The number of benzene rings is 1. The zero-order chi connectivity index (χ0) is 26.8. The molecule has 7 heteroatoms. The average Bonchev–Trinajstić information content (AvgIpc) is 2.87. The minimum atomic E-state index is -0.640. The van der Waals surface area contributed by atoms with Crippen molar-refractivity contribution in [2.24, 2.45) is 0 Å². The molecule has 0 saturated carbocycles. The quantitative estimate of drug-likeness (QED) is 0.0732. The van der Waals surface area contributed by atoms with Crippen molar-refractivity contribution in [1.29, 1.82) is 0 Å². The van der Waals surface area contributed by atoms with E-state index in [9.17, 15) is 14.4 Å². The lowest BCUT2D eigenvalue weighted by molar-refractivity contribution is -0.138. The Balaban J connectivity index is 2.41. The molecule has 0 amide bonds.